The van der Waals surface area contributed by atoms with Crippen molar-refractivity contribution in [3.8, 4) is 0 Å². The highest BCUT2D eigenvalue weighted by Gasteiger charge is 2.34. The van der Waals surface area contributed by atoms with Gasteiger partial charge in [-0.3, -0.25) is 4.79 Å². The van der Waals surface area contributed by atoms with E-state index in [0.717, 1.165) is 24.1 Å². The van der Waals surface area contributed by atoms with Crippen molar-refractivity contribution in [2.75, 3.05) is 32.8 Å². The van der Waals surface area contributed by atoms with Crippen LogP contribution in [0.3, 0.4) is 0 Å². The van der Waals surface area contributed by atoms with Crippen molar-refractivity contribution < 1.29 is 17.9 Å². The van der Waals surface area contributed by atoms with Crippen LogP contribution in [0.15, 0.2) is 41.4 Å². The number of hydrogen-bond acceptors (Lipinski definition) is 4. The molecule has 2 aliphatic heterocycles. The second kappa shape index (κ2) is 8.53. The molecule has 4 rings (SSSR count). The number of aryl methyl sites for hydroxylation is 2. The van der Waals surface area contributed by atoms with Crippen molar-refractivity contribution in [3.63, 3.8) is 0 Å². The standard InChI is InChI=1S/C22H29N3O4S/c1-3-17-8-9-18(16-21(17)30(27,28)24-12-14-29-15-13-24)22(26)25-11-5-7-20(25)19-6-4-10-23(19)2/h4,6,8-10,16,20H,3,5,7,11-15H2,1-2H3. The first-order valence-corrected chi connectivity index (χ1v) is 12.0. The SMILES string of the molecule is CCc1ccc(C(=O)N2CCCC2c2cccn2C)cc1S(=O)(=O)N1CCOCC1. The molecule has 0 spiro atoms. The van der Waals surface area contributed by atoms with Gasteiger partial charge in [-0.2, -0.15) is 4.31 Å². The van der Waals surface area contributed by atoms with E-state index in [1.54, 1.807) is 18.2 Å². The third-order valence-electron chi connectivity index (χ3n) is 6.12. The number of nitrogens with zero attached hydrogens (tertiary/aromatic N) is 3. The fraction of sp³-hybridized carbons (Fsp3) is 0.500. The molecule has 8 heteroatoms. The lowest BCUT2D eigenvalue weighted by Gasteiger charge is -2.28. The lowest BCUT2D eigenvalue weighted by Crippen LogP contribution is -2.41. The number of amides is 1. The minimum Gasteiger partial charge on any atom is -0.379 e. The zero-order valence-electron chi connectivity index (χ0n) is 17.6. The van der Waals surface area contributed by atoms with Crippen molar-refractivity contribution in [1.29, 1.82) is 0 Å². The third-order valence-corrected chi connectivity index (χ3v) is 8.10. The van der Waals surface area contributed by atoms with Gasteiger partial charge in [0.1, 0.15) is 0 Å². The van der Waals surface area contributed by atoms with Crippen LogP contribution in [0, 0.1) is 0 Å². The van der Waals surface area contributed by atoms with Crippen LogP contribution >= 0.6 is 0 Å². The van der Waals surface area contributed by atoms with Gasteiger partial charge in [-0.15, -0.1) is 0 Å². The van der Waals surface area contributed by atoms with Gasteiger partial charge in [-0.25, -0.2) is 8.42 Å². The lowest BCUT2D eigenvalue weighted by atomic mass is 10.1. The molecule has 2 fully saturated rings. The number of aromatic nitrogens is 1. The fourth-order valence-corrected chi connectivity index (χ4v) is 6.18. The molecule has 1 aromatic carbocycles. The summed E-state index contributed by atoms with van der Waals surface area (Å²) in [7, 11) is -1.68. The van der Waals surface area contributed by atoms with Gasteiger partial charge in [0.15, 0.2) is 0 Å². The van der Waals surface area contributed by atoms with E-state index < -0.39 is 10.0 Å². The van der Waals surface area contributed by atoms with E-state index in [1.165, 1.54) is 4.31 Å². The molecule has 1 aromatic heterocycles. The minimum absolute atomic E-state index is 0.0163. The van der Waals surface area contributed by atoms with Gasteiger partial charge in [0.05, 0.1) is 24.2 Å². The molecule has 0 aliphatic carbocycles. The number of likely N-dealkylation sites (tertiary alicyclic amines) is 1. The average molecular weight is 432 g/mol. The Morgan fingerprint density at radius 1 is 1.17 bits per heavy atom. The lowest BCUT2D eigenvalue weighted by molar-refractivity contribution is 0.0725. The van der Waals surface area contributed by atoms with E-state index in [9.17, 15) is 13.2 Å². The number of morpholine rings is 1. The van der Waals surface area contributed by atoms with Gasteiger partial charge < -0.3 is 14.2 Å². The molecule has 0 bridgehead atoms. The van der Waals surface area contributed by atoms with Crippen molar-refractivity contribution in [3.05, 3.63) is 53.3 Å². The molecule has 3 heterocycles. The predicted molar refractivity (Wildman–Crippen MR) is 114 cm³/mol. The highest BCUT2D eigenvalue weighted by Crippen LogP contribution is 2.34. The molecule has 30 heavy (non-hydrogen) atoms. The quantitative estimate of drug-likeness (QED) is 0.730. The van der Waals surface area contributed by atoms with Crippen molar-refractivity contribution in [1.82, 2.24) is 13.8 Å². The summed E-state index contributed by atoms with van der Waals surface area (Å²) in [6, 6.07) is 9.17. The molecule has 1 amide bonds. The number of ether oxygens (including phenoxy) is 1. The molecule has 0 saturated carbocycles. The van der Waals surface area contributed by atoms with Crippen molar-refractivity contribution in [2.24, 2.45) is 7.05 Å². The Bertz CT molecular complexity index is 1020. The van der Waals surface area contributed by atoms with Crippen LogP contribution in [-0.2, 0) is 28.2 Å². The number of carbonyl (C=O) groups is 1. The third kappa shape index (κ3) is 3.79. The van der Waals surface area contributed by atoms with Crippen LogP contribution in [-0.4, -0.2) is 60.9 Å². The molecule has 7 nitrogen and oxygen atoms in total. The van der Waals surface area contributed by atoms with Gasteiger partial charge in [-0.05, 0) is 49.1 Å². The zero-order valence-corrected chi connectivity index (χ0v) is 18.4. The van der Waals surface area contributed by atoms with E-state index >= 15 is 0 Å². The van der Waals surface area contributed by atoms with Gasteiger partial charge in [-0.1, -0.05) is 13.0 Å². The number of sulfonamides is 1. The second-order valence-electron chi connectivity index (χ2n) is 7.89. The number of rotatable bonds is 5. The summed E-state index contributed by atoms with van der Waals surface area (Å²) < 4.78 is 35.4. The monoisotopic (exact) mass is 431 g/mol. The fourth-order valence-electron chi connectivity index (χ4n) is 4.45. The maximum Gasteiger partial charge on any atom is 0.254 e. The first-order chi connectivity index (χ1) is 14.4. The Morgan fingerprint density at radius 3 is 2.60 bits per heavy atom. The number of carbonyl (C=O) groups excluding carboxylic acids is 1. The molecular weight excluding hydrogens is 402 g/mol. The zero-order chi connectivity index (χ0) is 21.3. The Labute approximate surface area is 178 Å². The normalized spacial score (nSPS) is 20.6. The summed E-state index contributed by atoms with van der Waals surface area (Å²) in [6.45, 7) is 4.07. The van der Waals surface area contributed by atoms with Gasteiger partial charge >= 0.3 is 0 Å². The summed E-state index contributed by atoms with van der Waals surface area (Å²) in [5.74, 6) is -0.111. The Balaban J connectivity index is 1.67. The summed E-state index contributed by atoms with van der Waals surface area (Å²) in [5.41, 5.74) is 2.27. The van der Waals surface area contributed by atoms with Crippen molar-refractivity contribution >= 4 is 15.9 Å². The summed E-state index contributed by atoms with van der Waals surface area (Å²) in [4.78, 5) is 15.5. The number of benzene rings is 1. The summed E-state index contributed by atoms with van der Waals surface area (Å²) in [6.07, 6.45) is 4.42. The predicted octanol–water partition coefficient (Wildman–Crippen LogP) is 2.59. The van der Waals surface area contributed by atoms with Crippen LogP contribution in [0.1, 0.15) is 47.4 Å². The highest BCUT2D eigenvalue weighted by atomic mass is 32.2. The Hall–Kier alpha value is -2.16. The molecule has 1 unspecified atom stereocenters. The van der Waals surface area contributed by atoms with Crippen LogP contribution in [0.25, 0.3) is 0 Å². The Kier molecular flexibility index (Phi) is 5.99. The maximum absolute atomic E-state index is 13.4. The minimum atomic E-state index is -3.67. The smallest absolute Gasteiger partial charge is 0.254 e. The van der Waals surface area contributed by atoms with E-state index in [-0.39, 0.29) is 16.8 Å². The molecule has 0 radical (unpaired) electrons. The molecule has 162 valence electrons. The molecular formula is C22H29N3O4S. The molecule has 2 aliphatic rings. The van der Waals surface area contributed by atoms with E-state index in [4.69, 9.17) is 4.74 Å². The summed E-state index contributed by atoms with van der Waals surface area (Å²) >= 11 is 0. The van der Waals surface area contributed by atoms with E-state index in [0.29, 0.717) is 44.8 Å². The topological polar surface area (TPSA) is 71.9 Å². The first kappa shape index (κ1) is 21.1. The van der Waals surface area contributed by atoms with Gasteiger partial charge in [0, 0.05) is 44.1 Å². The maximum atomic E-state index is 13.4. The molecule has 0 N–H and O–H groups in total. The average Bonchev–Trinajstić information content (AvgIpc) is 3.42. The molecule has 2 aromatic rings. The van der Waals surface area contributed by atoms with Crippen LogP contribution in [0.5, 0.6) is 0 Å². The van der Waals surface area contributed by atoms with Gasteiger partial charge in [0.25, 0.3) is 5.91 Å². The highest BCUT2D eigenvalue weighted by molar-refractivity contribution is 7.89. The molecule has 1 atom stereocenters. The van der Waals surface area contributed by atoms with Crippen LogP contribution in [0.4, 0.5) is 0 Å². The number of hydrogen-bond donors (Lipinski definition) is 0. The van der Waals surface area contributed by atoms with E-state index in [2.05, 4.69) is 0 Å². The second-order valence-corrected chi connectivity index (χ2v) is 9.80. The van der Waals surface area contributed by atoms with Crippen molar-refractivity contribution in [2.45, 2.75) is 37.1 Å². The molecule has 2 saturated heterocycles. The van der Waals surface area contributed by atoms with E-state index in [1.807, 2.05) is 41.8 Å². The van der Waals surface area contributed by atoms with Gasteiger partial charge in [0.2, 0.25) is 10.0 Å². The Morgan fingerprint density at radius 2 is 1.93 bits per heavy atom. The van der Waals surface area contributed by atoms with Crippen LogP contribution < -0.4 is 0 Å². The summed E-state index contributed by atoms with van der Waals surface area (Å²) in [5, 5.41) is 0. The van der Waals surface area contributed by atoms with Crippen LogP contribution in [0.2, 0.25) is 0 Å². The largest absolute Gasteiger partial charge is 0.379 e. The first-order valence-electron chi connectivity index (χ1n) is 10.6.